The number of aromatic nitrogens is 1. The van der Waals surface area contributed by atoms with Gasteiger partial charge in [0.05, 0.1) is 18.9 Å². The number of aliphatic hydroxyl groups excluding tert-OH is 1. The predicted molar refractivity (Wildman–Crippen MR) is 58.4 cm³/mol. The molecule has 0 aliphatic rings. The molecule has 4 nitrogen and oxygen atoms in total. The lowest BCUT2D eigenvalue weighted by Crippen LogP contribution is -1.98. The van der Waals surface area contributed by atoms with Crippen molar-refractivity contribution in [1.29, 1.82) is 0 Å². The minimum absolute atomic E-state index is 0.0738. The van der Waals surface area contributed by atoms with Crippen LogP contribution in [-0.2, 0) is 16.1 Å². The van der Waals surface area contributed by atoms with Crippen molar-refractivity contribution in [3.63, 3.8) is 0 Å². The van der Waals surface area contributed by atoms with Gasteiger partial charge in [0.25, 0.3) is 0 Å². The summed E-state index contributed by atoms with van der Waals surface area (Å²) in [4.78, 5) is 16.1. The highest BCUT2D eigenvalue weighted by molar-refractivity contribution is 7.12. The largest absolute Gasteiger partial charge is 0.463 e. The molecule has 0 aliphatic carbocycles. The number of thiazole rings is 1. The summed E-state index contributed by atoms with van der Waals surface area (Å²) in [6, 6.07) is 0. The lowest BCUT2D eigenvalue weighted by molar-refractivity contribution is -0.137. The Morgan fingerprint density at radius 3 is 2.93 bits per heavy atom. The maximum atomic E-state index is 11.0. The first-order valence-electron chi connectivity index (χ1n) is 4.59. The van der Waals surface area contributed by atoms with Crippen LogP contribution in [0.2, 0.25) is 0 Å². The second kappa shape index (κ2) is 5.63. The Balaban J connectivity index is 2.68. The average Bonchev–Trinajstić information content (AvgIpc) is 2.56. The van der Waals surface area contributed by atoms with Crippen molar-refractivity contribution in [3.8, 4) is 0 Å². The van der Waals surface area contributed by atoms with E-state index in [-0.39, 0.29) is 12.6 Å². The van der Waals surface area contributed by atoms with Gasteiger partial charge in [-0.2, -0.15) is 0 Å². The van der Waals surface area contributed by atoms with Gasteiger partial charge in [0.2, 0.25) is 0 Å². The van der Waals surface area contributed by atoms with Gasteiger partial charge in [-0.3, -0.25) is 0 Å². The zero-order valence-corrected chi connectivity index (χ0v) is 9.50. The van der Waals surface area contributed by atoms with Crippen LogP contribution < -0.4 is 0 Å². The molecule has 0 aromatic carbocycles. The van der Waals surface area contributed by atoms with E-state index in [1.807, 2.05) is 6.92 Å². The quantitative estimate of drug-likeness (QED) is 0.626. The summed E-state index contributed by atoms with van der Waals surface area (Å²) in [5.41, 5.74) is 0.656. The third-order valence-electron chi connectivity index (χ3n) is 1.71. The minimum Gasteiger partial charge on any atom is -0.463 e. The number of hydrogen-bond acceptors (Lipinski definition) is 5. The van der Waals surface area contributed by atoms with Gasteiger partial charge in [-0.05, 0) is 19.9 Å². The molecule has 1 aromatic heterocycles. The topological polar surface area (TPSA) is 59.4 Å². The van der Waals surface area contributed by atoms with Gasteiger partial charge >= 0.3 is 5.97 Å². The number of carbonyl (C=O) groups excluding carboxylic acids is 1. The summed E-state index contributed by atoms with van der Waals surface area (Å²) < 4.78 is 4.73. The SMILES string of the molecule is CCOC(=O)/C=C/c1nc(CO)c(C)s1. The Kier molecular flexibility index (Phi) is 4.45. The molecule has 1 aromatic rings. The third kappa shape index (κ3) is 3.45. The Morgan fingerprint density at radius 2 is 2.40 bits per heavy atom. The van der Waals surface area contributed by atoms with E-state index in [2.05, 4.69) is 4.98 Å². The van der Waals surface area contributed by atoms with Gasteiger partial charge in [-0.1, -0.05) is 0 Å². The standard InChI is InChI=1S/C10H13NO3S/c1-3-14-10(13)5-4-9-11-8(6-12)7(2)15-9/h4-5,12H,3,6H2,1-2H3/b5-4+. The van der Waals surface area contributed by atoms with Crippen molar-refractivity contribution in [2.24, 2.45) is 0 Å². The summed E-state index contributed by atoms with van der Waals surface area (Å²) in [6.07, 6.45) is 2.93. The summed E-state index contributed by atoms with van der Waals surface area (Å²) in [6.45, 7) is 3.92. The normalized spacial score (nSPS) is 10.9. The molecule has 0 saturated carbocycles. The number of carbonyl (C=O) groups is 1. The number of esters is 1. The predicted octanol–water partition coefficient (Wildman–Crippen LogP) is 1.52. The molecule has 0 unspecified atom stereocenters. The summed E-state index contributed by atoms with van der Waals surface area (Å²) >= 11 is 1.43. The highest BCUT2D eigenvalue weighted by Crippen LogP contribution is 2.18. The summed E-state index contributed by atoms with van der Waals surface area (Å²) in [5, 5.41) is 9.62. The van der Waals surface area contributed by atoms with Gasteiger partial charge in [-0.15, -0.1) is 11.3 Å². The van der Waals surface area contributed by atoms with Crippen molar-refractivity contribution in [3.05, 3.63) is 21.7 Å². The van der Waals surface area contributed by atoms with Crippen molar-refractivity contribution in [1.82, 2.24) is 4.98 Å². The summed E-state index contributed by atoms with van der Waals surface area (Å²) in [7, 11) is 0. The molecule has 0 bridgehead atoms. The lowest BCUT2D eigenvalue weighted by Gasteiger charge is -1.92. The van der Waals surface area contributed by atoms with Crippen LogP contribution >= 0.6 is 11.3 Å². The van der Waals surface area contributed by atoms with E-state index in [9.17, 15) is 4.79 Å². The average molecular weight is 227 g/mol. The molecule has 1 N–H and O–H groups in total. The molecule has 15 heavy (non-hydrogen) atoms. The molecule has 0 atom stereocenters. The zero-order chi connectivity index (χ0) is 11.3. The molecule has 0 amide bonds. The number of ether oxygens (including phenoxy) is 1. The van der Waals surface area contributed by atoms with E-state index >= 15 is 0 Å². The second-order valence-electron chi connectivity index (χ2n) is 2.80. The lowest BCUT2D eigenvalue weighted by atomic mass is 10.4. The highest BCUT2D eigenvalue weighted by Gasteiger charge is 2.04. The van der Waals surface area contributed by atoms with Gasteiger partial charge < -0.3 is 9.84 Å². The van der Waals surface area contributed by atoms with Crippen LogP contribution in [0.3, 0.4) is 0 Å². The van der Waals surface area contributed by atoms with Gasteiger partial charge in [0.15, 0.2) is 0 Å². The first kappa shape index (κ1) is 11.9. The smallest absolute Gasteiger partial charge is 0.330 e. The minimum atomic E-state index is -0.379. The Morgan fingerprint density at radius 1 is 1.67 bits per heavy atom. The van der Waals surface area contributed by atoms with Crippen molar-refractivity contribution >= 4 is 23.4 Å². The van der Waals surface area contributed by atoms with Crippen LogP contribution in [0.5, 0.6) is 0 Å². The molecule has 0 saturated heterocycles. The third-order valence-corrected chi connectivity index (χ3v) is 2.69. The van der Waals surface area contributed by atoms with E-state index in [0.29, 0.717) is 17.3 Å². The van der Waals surface area contributed by atoms with Crippen LogP contribution in [0.1, 0.15) is 22.5 Å². The van der Waals surface area contributed by atoms with Crippen LogP contribution in [-0.4, -0.2) is 22.7 Å². The fourth-order valence-electron chi connectivity index (χ4n) is 0.998. The van der Waals surface area contributed by atoms with Gasteiger partial charge in [0.1, 0.15) is 5.01 Å². The Hall–Kier alpha value is -1.20. The first-order chi connectivity index (χ1) is 7.17. The van der Waals surface area contributed by atoms with E-state index < -0.39 is 0 Å². The monoisotopic (exact) mass is 227 g/mol. The highest BCUT2D eigenvalue weighted by atomic mass is 32.1. The Labute approximate surface area is 92.2 Å². The molecule has 0 fully saturated rings. The van der Waals surface area contributed by atoms with E-state index in [0.717, 1.165) is 4.88 Å². The molecule has 1 heterocycles. The number of rotatable bonds is 4. The molecular weight excluding hydrogens is 214 g/mol. The maximum Gasteiger partial charge on any atom is 0.330 e. The maximum absolute atomic E-state index is 11.0. The number of aryl methyl sites for hydroxylation is 1. The number of hydrogen-bond donors (Lipinski definition) is 1. The second-order valence-corrected chi connectivity index (χ2v) is 4.03. The molecule has 82 valence electrons. The van der Waals surface area contributed by atoms with E-state index in [4.69, 9.17) is 9.84 Å². The zero-order valence-electron chi connectivity index (χ0n) is 8.69. The molecule has 0 aliphatic heterocycles. The number of nitrogens with zero attached hydrogens (tertiary/aromatic N) is 1. The first-order valence-corrected chi connectivity index (χ1v) is 5.41. The Bertz CT molecular complexity index is 371. The molecular formula is C10H13NO3S. The van der Waals surface area contributed by atoms with Gasteiger partial charge in [-0.25, -0.2) is 9.78 Å². The molecule has 5 heteroatoms. The molecule has 1 rings (SSSR count). The molecule has 0 radical (unpaired) electrons. The number of aliphatic hydroxyl groups is 1. The van der Waals surface area contributed by atoms with Crippen molar-refractivity contribution in [2.45, 2.75) is 20.5 Å². The van der Waals surface area contributed by atoms with Crippen LogP contribution in [0.25, 0.3) is 6.08 Å². The van der Waals surface area contributed by atoms with Crippen LogP contribution in [0.4, 0.5) is 0 Å². The van der Waals surface area contributed by atoms with E-state index in [1.165, 1.54) is 17.4 Å². The van der Waals surface area contributed by atoms with E-state index in [1.54, 1.807) is 13.0 Å². The fraction of sp³-hybridized carbons (Fsp3) is 0.400. The van der Waals surface area contributed by atoms with Crippen molar-refractivity contribution < 1.29 is 14.6 Å². The fourth-order valence-corrected chi connectivity index (χ4v) is 1.83. The summed E-state index contributed by atoms with van der Waals surface area (Å²) in [5.74, 6) is -0.379. The van der Waals surface area contributed by atoms with Gasteiger partial charge in [0, 0.05) is 11.0 Å². The van der Waals surface area contributed by atoms with Crippen LogP contribution in [0.15, 0.2) is 6.08 Å². The molecule has 0 spiro atoms. The van der Waals surface area contributed by atoms with Crippen molar-refractivity contribution in [2.75, 3.05) is 6.61 Å². The van der Waals surface area contributed by atoms with Crippen LogP contribution in [0, 0.1) is 6.92 Å².